The molecule has 2 heterocycles. The number of ether oxygens (including phenoxy) is 2. The molecule has 19 heteroatoms. The molecule has 2 aliphatic carbocycles. The fourth-order valence-corrected chi connectivity index (χ4v) is 9.08. The number of carbonyl (C=O) groups is 5. The zero-order valence-electron chi connectivity index (χ0n) is 33.0. The molecule has 1 saturated heterocycles. The van der Waals surface area contributed by atoms with E-state index in [1.807, 2.05) is 19.9 Å². The van der Waals surface area contributed by atoms with Crippen LogP contribution in [0, 0.1) is 31.6 Å². The van der Waals surface area contributed by atoms with Gasteiger partial charge in [-0.15, -0.1) is 0 Å². The Balaban J connectivity index is 1.47. The standard InChI is InChI=1S/C38H51ClF3N5O9S/c1-20-10-8-9-11-24-18-37(24,32(50)46-57(53,54)36(7)12-13-36)45-30(48)27-17-25(55-33(51)43-28-22(3)15-21(2)16-26(28)39)19-47(27)31(49)29(23(4)14-20)44-34(52)56-35(5,6)38(40,41)42/h9,11,15-16,20,23-25,27,29H,8,10,12-14,17-19H2,1-7H3,(H,43,51)(H,44,52)(H,45,48)(H,46,50)/b11-9-/t20-,23+,24+,25+,27-,29-,37+/m0/s1. The Hall–Kier alpha value is -4.06. The molecule has 2 saturated carbocycles. The molecular formula is C38H51ClF3N5O9S. The lowest BCUT2D eigenvalue weighted by atomic mass is 9.88. The van der Waals surface area contributed by atoms with Gasteiger partial charge in [0.1, 0.15) is 23.7 Å². The number of hydrogen-bond donors (Lipinski definition) is 4. The summed E-state index contributed by atoms with van der Waals surface area (Å²) in [5.74, 6) is -4.03. The SMILES string of the molecule is Cc1cc(C)c(NC(=O)O[C@@H]2C[C@H]3C(=O)N[C@]4(C(=O)NS(=O)(=O)C5(C)CC5)C[C@H]4/C=C\CC[C@H](C)C[C@@H](C)[C@H](NC(=O)OC(C)(C)C(F)(F)F)C(=O)N3C2)c(Cl)c1. The van der Waals surface area contributed by atoms with Gasteiger partial charge >= 0.3 is 18.4 Å². The number of anilines is 1. The molecule has 1 aromatic carbocycles. The highest BCUT2D eigenvalue weighted by Gasteiger charge is 2.63. The second kappa shape index (κ2) is 15.9. The third-order valence-corrected chi connectivity index (χ3v) is 13.9. The van der Waals surface area contributed by atoms with E-state index in [4.69, 9.17) is 21.1 Å². The van der Waals surface area contributed by atoms with Gasteiger partial charge in [0.15, 0.2) is 0 Å². The van der Waals surface area contributed by atoms with Crippen molar-refractivity contribution in [1.29, 1.82) is 0 Å². The zero-order chi connectivity index (χ0) is 42.5. The van der Waals surface area contributed by atoms with Crippen LogP contribution in [0.15, 0.2) is 24.3 Å². The van der Waals surface area contributed by atoms with Gasteiger partial charge in [-0.2, -0.15) is 13.2 Å². The Kier molecular flexibility index (Phi) is 12.3. The third kappa shape index (κ3) is 9.64. The van der Waals surface area contributed by atoms with Crippen molar-refractivity contribution >= 4 is 57.2 Å². The van der Waals surface area contributed by atoms with Gasteiger partial charge < -0.3 is 25.0 Å². The first-order valence-corrected chi connectivity index (χ1v) is 20.8. The Morgan fingerprint density at radius 1 is 1.05 bits per heavy atom. The van der Waals surface area contributed by atoms with E-state index in [1.54, 1.807) is 32.1 Å². The van der Waals surface area contributed by atoms with Crippen molar-refractivity contribution in [2.75, 3.05) is 11.9 Å². The molecular weight excluding hydrogens is 795 g/mol. The maximum absolute atomic E-state index is 14.6. The van der Waals surface area contributed by atoms with Crippen LogP contribution in [-0.2, 0) is 33.9 Å². The van der Waals surface area contributed by atoms with Gasteiger partial charge in [-0.3, -0.25) is 24.4 Å². The number of fused-ring (bicyclic) bond motifs is 2. The molecule has 0 bridgehead atoms. The zero-order valence-corrected chi connectivity index (χ0v) is 34.5. The molecule has 4 aliphatic rings. The number of rotatable bonds is 7. The molecule has 0 spiro atoms. The summed E-state index contributed by atoms with van der Waals surface area (Å²) < 4.78 is 78.7. The minimum atomic E-state index is -4.94. The molecule has 316 valence electrons. The number of allylic oxidation sites excluding steroid dienone is 1. The number of sulfonamides is 1. The van der Waals surface area contributed by atoms with Gasteiger partial charge in [-0.1, -0.05) is 43.7 Å². The van der Waals surface area contributed by atoms with Gasteiger partial charge in [0.05, 0.1) is 22.0 Å². The summed E-state index contributed by atoms with van der Waals surface area (Å²) in [5.41, 5.74) is -2.85. The molecule has 5 rings (SSSR count). The summed E-state index contributed by atoms with van der Waals surface area (Å²) in [6, 6.07) is 0.485. The Labute approximate surface area is 335 Å². The van der Waals surface area contributed by atoms with Crippen LogP contribution in [0.4, 0.5) is 28.4 Å². The highest BCUT2D eigenvalue weighted by Crippen LogP contribution is 2.47. The number of nitrogens with one attached hydrogen (secondary N) is 4. The lowest BCUT2D eigenvalue weighted by Gasteiger charge is -2.34. The normalized spacial score (nSPS) is 29.6. The van der Waals surface area contributed by atoms with Gasteiger partial charge in [-0.25, -0.2) is 18.0 Å². The molecule has 1 aromatic rings. The maximum atomic E-state index is 14.6. The van der Waals surface area contributed by atoms with Crippen LogP contribution >= 0.6 is 11.6 Å². The Morgan fingerprint density at radius 2 is 1.72 bits per heavy atom. The van der Waals surface area contributed by atoms with Crippen LogP contribution < -0.4 is 20.7 Å². The number of alkyl halides is 3. The molecule has 0 radical (unpaired) electrons. The van der Waals surface area contributed by atoms with Gasteiger partial charge in [-0.05, 0) is 102 Å². The number of benzene rings is 1. The molecule has 0 aromatic heterocycles. The van der Waals surface area contributed by atoms with E-state index in [-0.39, 0.29) is 36.0 Å². The summed E-state index contributed by atoms with van der Waals surface area (Å²) in [5, 5.41) is 7.86. The predicted octanol–water partition coefficient (Wildman–Crippen LogP) is 5.80. The summed E-state index contributed by atoms with van der Waals surface area (Å²) in [7, 11) is -4.10. The monoisotopic (exact) mass is 845 g/mol. The summed E-state index contributed by atoms with van der Waals surface area (Å²) in [6.07, 6.45) is -3.06. The van der Waals surface area contributed by atoms with E-state index in [9.17, 15) is 45.6 Å². The molecule has 3 fully saturated rings. The Morgan fingerprint density at radius 3 is 2.33 bits per heavy atom. The number of amides is 5. The van der Waals surface area contributed by atoms with E-state index in [1.165, 1.54) is 6.92 Å². The highest BCUT2D eigenvalue weighted by atomic mass is 35.5. The van der Waals surface area contributed by atoms with Crippen LogP contribution in [0.5, 0.6) is 0 Å². The average molecular weight is 846 g/mol. The van der Waals surface area contributed by atoms with Crippen molar-refractivity contribution in [3.05, 3.63) is 40.4 Å². The number of carbonyl (C=O) groups excluding carboxylic acids is 5. The maximum Gasteiger partial charge on any atom is 0.427 e. The minimum Gasteiger partial charge on any atom is -0.444 e. The first-order valence-electron chi connectivity index (χ1n) is 19.0. The van der Waals surface area contributed by atoms with E-state index >= 15 is 0 Å². The molecule has 4 N–H and O–H groups in total. The van der Waals surface area contributed by atoms with Crippen LogP contribution in [0.2, 0.25) is 5.02 Å². The second-order valence-corrected chi connectivity index (χ2v) is 19.4. The lowest BCUT2D eigenvalue weighted by molar-refractivity contribution is -0.244. The largest absolute Gasteiger partial charge is 0.444 e. The van der Waals surface area contributed by atoms with Crippen molar-refractivity contribution in [3.8, 4) is 0 Å². The van der Waals surface area contributed by atoms with E-state index in [2.05, 4.69) is 20.7 Å². The van der Waals surface area contributed by atoms with Crippen molar-refractivity contribution in [1.82, 2.24) is 20.3 Å². The van der Waals surface area contributed by atoms with Crippen LogP contribution in [-0.4, -0.2) is 90.0 Å². The van der Waals surface area contributed by atoms with E-state index in [0.29, 0.717) is 51.5 Å². The van der Waals surface area contributed by atoms with Crippen LogP contribution in [0.3, 0.4) is 0 Å². The number of nitrogens with zero attached hydrogens (tertiary/aromatic N) is 1. The fraction of sp³-hybridized carbons (Fsp3) is 0.658. The van der Waals surface area contributed by atoms with Crippen LogP contribution in [0.25, 0.3) is 0 Å². The average Bonchev–Trinajstić information content (AvgIpc) is 3.96. The molecule has 14 nitrogen and oxygen atoms in total. The fourth-order valence-electron chi connectivity index (χ4n) is 7.40. The molecule has 2 aliphatic heterocycles. The number of alkyl carbamates (subject to hydrolysis) is 1. The summed E-state index contributed by atoms with van der Waals surface area (Å²) >= 11 is 6.37. The quantitative estimate of drug-likeness (QED) is 0.246. The molecule has 5 amide bonds. The van der Waals surface area contributed by atoms with Crippen molar-refractivity contribution in [2.45, 2.75) is 134 Å². The van der Waals surface area contributed by atoms with Crippen LogP contribution in [0.1, 0.15) is 90.7 Å². The number of halogens is 4. The van der Waals surface area contributed by atoms with Crippen molar-refractivity contribution in [3.63, 3.8) is 0 Å². The van der Waals surface area contributed by atoms with E-state index < -0.39 is 92.0 Å². The molecule has 57 heavy (non-hydrogen) atoms. The molecule has 7 atom stereocenters. The predicted molar refractivity (Wildman–Crippen MR) is 203 cm³/mol. The second-order valence-electron chi connectivity index (χ2n) is 16.8. The lowest BCUT2D eigenvalue weighted by Crippen LogP contribution is -2.59. The first-order chi connectivity index (χ1) is 26.3. The Bertz CT molecular complexity index is 1920. The molecule has 0 unspecified atom stereocenters. The van der Waals surface area contributed by atoms with E-state index in [0.717, 1.165) is 10.5 Å². The number of aryl methyl sites for hydroxylation is 2. The third-order valence-electron chi connectivity index (χ3n) is 11.5. The highest BCUT2D eigenvalue weighted by molar-refractivity contribution is 7.91. The summed E-state index contributed by atoms with van der Waals surface area (Å²) in [4.78, 5) is 70.1. The smallest absolute Gasteiger partial charge is 0.427 e. The minimum absolute atomic E-state index is 0.0601. The topological polar surface area (TPSA) is 189 Å². The van der Waals surface area contributed by atoms with Gasteiger partial charge in [0.2, 0.25) is 27.4 Å². The first kappa shape index (κ1) is 44.1. The summed E-state index contributed by atoms with van der Waals surface area (Å²) in [6.45, 7) is 9.54. The van der Waals surface area contributed by atoms with Crippen molar-refractivity contribution < 1.29 is 55.0 Å². The van der Waals surface area contributed by atoms with Gasteiger partial charge in [0.25, 0.3) is 5.91 Å². The van der Waals surface area contributed by atoms with Gasteiger partial charge in [0, 0.05) is 12.3 Å². The number of hydrogen-bond acceptors (Lipinski definition) is 9. The van der Waals surface area contributed by atoms with Crippen molar-refractivity contribution in [2.24, 2.45) is 17.8 Å².